The Hall–Kier alpha value is -3.87. The molecular formula is C25H26N4O3. The van der Waals surface area contributed by atoms with Gasteiger partial charge in [0.15, 0.2) is 0 Å². The van der Waals surface area contributed by atoms with Gasteiger partial charge in [-0.05, 0) is 24.1 Å². The van der Waals surface area contributed by atoms with Crippen LogP contribution in [-0.4, -0.2) is 34.9 Å². The van der Waals surface area contributed by atoms with E-state index in [0.717, 1.165) is 27.4 Å². The van der Waals surface area contributed by atoms with E-state index in [1.807, 2.05) is 62.4 Å². The number of carbonyl (C=O) groups excluding carboxylic acids is 2. The second-order valence-electron chi connectivity index (χ2n) is 8.01. The molecule has 32 heavy (non-hydrogen) atoms. The molecule has 1 atom stereocenters. The number of rotatable bonds is 7. The number of hydrogen-bond acceptors (Lipinski definition) is 4. The monoisotopic (exact) mass is 430 g/mol. The molecule has 0 radical (unpaired) electrons. The van der Waals surface area contributed by atoms with Crippen molar-refractivity contribution < 1.29 is 14.3 Å². The number of nitrogens with zero attached hydrogens (tertiary/aromatic N) is 1. The first kappa shape index (κ1) is 21.4. The minimum absolute atomic E-state index is 0.103. The summed E-state index contributed by atoms with van der Waals surface area (Å²) >= 11 is 0. The zero-order valence-electron chi connectivity index (χ0n) is 18.3. The third-order valence-corrected chi connectivity index (χ3v) is 5.50. The number of aromatic amines is 1. The van der Waals surface area contributed by atoms with Crippen LogP contribution in [-0.2, 0) is 11.3 Å². The lowest BCUT2D eigenvalue weighted by Gasteiger charge is -2.22. The van der Waals surface area contributed by atoms with E-state index in [2.05, 4.69) is 20.6 Å². The van der Waals surface area contributed by atoms with E-state index in [1.54, 1.807) is 19.4 Å². The van der Waals surface area contributed by atoms with Crippen LogP contribution in [0.25, 0.3) is 21.8 Å². The normalized spacial score (nSPS) is 12.1. The van der Waals surface area contributed by atoms with Crippen LogP contribution in [0, 0.1) is 5.92 Å². The fraction of sp³-hybridized carbons (Fsp3) is 0.240. The van der Waals surface area contributed by atoms with Gasteiger partial charge in [-0.2, -0.15) is 0 Å². The largest absolute Gasteiger partial charge is 0.496 e. The SMILES string of the molecule is COc1ccccc1CNC(=O)C(NC(=O)c1cc2c(cn1)[nH]c1ccccc12)C(C)C. The average Bonchev–Trinajstić information content (AvgIpc) is 3.18. The van der Waals surface area contributed by atoms with Crippen LogP contribution in [0.1, 0.15) is 29.9 Å². The molecule has 0 spiro atoms. The molecule has 0 fully saturated rings. The zero-order valence-corrected chi connectivity index (χ0v) is 18.3. The number of amides is 2. The van der Waals surface area contributed by atoms with Crippen molar-refractivity contribution in [3.8, 4) is 5.75 Å². The highest BCUT2D eigenvalue weighted by Gasteiger charge is 2.25. The Morgan fingerprint density at radius 2 is 1.78 bits per heavy atom. The standard InChI is InChI=1S/C25H26N4O3/c1-15(2)23(25(31)27-13-16-8-4-7-11-22(16)32-3)29-24(30)20-12-18-17-9-5-6-10-19(17)28-21(18)14-26-20/h4-12,14-15,23,28H,13H2,1-3H3,(H,27,31)(H,29,30). The number of carbonyl (C=O) groups is 2. The van der Waals surface area contributed by atoms with Gasteiger partial charge in [-0.1, -0.05) is 50.2 Å². The first-order chi connectivity index (χ1) is 15.5. The lowest BCUT2D eigenvalue weighted by molar-refractivity contribution is -0.124. The molecule has 0 saturated carbocycles. The average molecular weight is 431 g/mol. The summed E-state index contributed by atoms with van der Waals surface area (Å²) in [5.74, 6) is -0.0432. The number of para-hydroxylation sites is 2. The minimum atomic E-state index is -0.697. The third kappa shape index (κ3) is 4.27. The highest BCUT2D eigenvalue weighted by molar-refractivity contribution is 6.09. The smallest absolute Gasteiger partial charge is 0.270 e. The number of hydrogen-bond donors (Lipinski definition) is 3. The Morgan fingerprint density at radius 3 is 2.56 bits per heavy atom. The molecule has 0 aliphatic rings. The van der Waals surface area contributed by atoms with Gasteiger partial charge in [0.2, 0.25) is 5.91 Å². The molecular weight excluding hydrogens is 404 g/mol. The molecule has 0 aliphatic carbocycles. The molecule has 0 aliphatic heterocycles. The van der Waals surface area contributed by atoms with E-state index < -0.39 is 6.04 Å². The first-order valence-corrected chi connectivity index (χ1v) is 10.5. The van der Waals surface area contributed by atoms with Gasteiger partial charge >= 0.3 is 0 Å². The predicted octanol–water partition coefficient (Wildman–Crippen LogP) is 3.80. The molecule has 4 aromatic rings. The Labute approximate surface area is 186 Å². The zero-order chi connectivity index (χ0) is 22.7. The molecule has 0 bridgehead atoms. The molecule has 2 aromatic heterocycles. The highest BCUT2D eigenvalue weighted by Crippen LogP contribution is 2.25. The number of nitrogens with one attached hydrogen (secondary N) is 3. The molecule has 0 saturated heterocycles. The van der Waals surface area contributed by atoms with Gasteiger partial charge in [0.05, 0.1) is 18.8 Å². The van der Waals surface area contributed by atoms with Crippen molar-refractivity contribution in [3.63, 3.8) is 0 Å². The Kier molecular flexibility index (Phi) is 6.07. The van der Waals surface area contributed by atoms with Gasteiger partial charge in [-0.15, -0.1) is 0 Å². The molecule has 164 valence electrons. The van der Waals surface area contributed by atoms with Gasteiger partial charge in [0, 0.05) is 28.4 Å². The van der Waals surface area contributed by atoms with Gasteiger partial charge in [0.25, 0.3) is 5.91 Å². The van der Waals surface area contributed by atoms with Gasteiger partial charge in [0.1, 0.15) is 17.5 Å². The fourth-order valence-corrected chi connectivity index (χ4v) is 3.77. The van der Waals surface area contributed by atoms with Crippen molar-refractivity contribution in [2.45, 2.75) is 26.4 Å². The van der Waals surface area contributed by atoms with E-state index in [9.17, 15) is 9.59 Å². The maximum atomic E-state index is 13.0. The van der Waals surface area contributed by atoms with E-state index in [1.165, 1.54) is 0 Å². The number of H-pyrrole nitrogens is 1. The lowest BCUT2D eigenvalue weighted by atomic mass is 10.0. The molecule has 2 amide bonds. The number of fused-ring (bicyclic) bond motifs is 3. The van der Waals surface area contributed by atoms with Crippen molar-refractivity contribution in [2.24, 2.45) is 5.92 Å². The summed E-state index contributed by atoms with van der Waals surface area (Å²) in [5, 5.41) is 7.69. The number of methoxy groups -OCH3 is 1. The summed E-state index contributed by atoms with van der Waals surface area (Å²) in [4.78, 5) is 33.4. The third-order valence-electron chi connectivity index (χ3n) is 5.50. The summed E-state index contributed by atoms with van der Waals surface area (Å²) in [6, 6.07) is 16.4. The highest BCUT2D eigenvalue weighted by atomic mass is 16.5. The fourth-order valence-electron chi connectivity index (χ4n) is 3.77. The van der Waals surface area contributed by atoms with Crippen LogP contribution in [0.2, 0.25) is 0 Å². The van der Waals surface area contributed by atoms with Gasteiger partial charge in [-0.3, -0.25) is 9.59 Å². The quantitative estimate of drug-likeness (QED) is 0.416. The summed E-state index contributed by atoms with van der Waals surface area (Å²) in [7, 11) is 1.59. The van der Waals surface area contributed by atoms with E-state index in [-0.39, 0.29) is 23.4 Å². The second-order valence-corrected chi connectivity index (χ2v) is 8.01. The number of benzene rings is 2. The molecule has 7 heteroatoms. The van der Waals surface area contributed by atoms with E-state index in [4.69, 9.17) is 4.74 Å². The Morgan fingerprint density at radius 1 is 1.03 bits per heavy atom. The minimum Gasteiger partial charge on any atom is -0.496 e. The molecule has 1 unspecified atom stereocenters. The number of ether oxygens (including phenoxy) is 1. The molecule has 3 N–H and O–H groups in total. The maximum absolute atomic E-state index is 13.0. The van der Waals surface area contributed by atoms with E-state index >= 15 is 0 Å². The lowest BCUT2D eigenvalue weighted by Crippen LogP contribution is -2.49. The van der Waals surface area contributed by atoms with Crippen molar-refractivity contribution in [1.29, 1.82) is 0 Å². The topological polar surface area (TPSA) is 96.1 Å². The summed E-state index contributed by atoms with van der Waals surface area (Å²) in [6.45, 7) is 4.09. The maximum Gasteiger partial charge on any atom is 0.270 e. The molecule has 2 aromatic carbocycles. The predicted molar refractivity (Wildman–Crippen MR) is 125 cm³/mol. The van der Waals surface area contributed by atoms with Gasteiger partial charge < -0.3 is 20.4 Å². The van der Waals surface area contributed by atoms with Crippen LogP contribution in [0.5, 0.6) is 5.75 Å². The molecule has 4 rings (SSSR count). The van der Waals surface area contributed by atoms with Crippen LogP contribution < -0.4 is 15.4 Å². The van der Waals surface area contributed by atoms with Crippen LogP contribution in [0.15, 0.2) is 60.8 Å². The van der Waals surface area contributed by atoms with Gasteiger partial charge in [-0.25, -0.2) is 4.98 Å². The summed E-state index contributed by atoms with van der Waals surface area (Å²) in [6.07, 6.45) is 1.65. The number of aromatic nitrogens is 2. The second kappa shape index (κ2) is 9.09. The van der Waals surface area contributed by atoms with Crippen LogP contribution in [0.3, 0.4) is 0 Å². The molecule has 7 nitrogen and oxygen atoms in total. The first-order valence-electron chi connectivity index (χ1n) is 10.5. The Bertz CT molecular complexity index is 1280. The van der Waals surface area contributed by atoms with Crippen molar-refractivity contribution in [1.82, 2.24) is 20.6 Å². The van der Waals surface area contributed by atoms with Crippen molar-refractivity contribution in [3.05, 3.63) is 72.1 Å². The van der Waals surface area contributed by atoms with Crippen molar-refractivity contribution >= 4 is 33.6 Å². The van der Waals surface area contributed by atoms with E-state index in [0.29, 0.717) is 12.3 Å². The number of pyridine rings is 1. The summed E-state index contributed by atoms with van der Waals surface area (Å²) in [5.41, 5.74) is 2.98. The molecule has 2 heterocycles. The Balaban J connectivity index is 1.50. The van der Waals surface area contributed by atoms with Crippen LogP contribution >= 0.6 is 0 Å². The van der Waals surface area contributed by atoms with Crippen LogP contribution in [0.4, 0.5) is 0 Å². The van der Waals surface area contributed by atoms with Crippen molar-refractivity contribution in [2.75, 3.05) is 7.11 Å². The summed E-state index contributed by atoms with van der Waals surface area (Å²) < 4.78 is 5.34.